The molecule has 4 heteroatoms. The van der Waals surface area contributed by atoms with Crippen molar-refractivity contribution in [3.05, 3.63) is 71.9 Å². The molecule has 0 aliphatic heterocycles. The first-order valence-electron chi connectivity index (χ1n) is 7.80. The van der Waals surface area contributed by atoms with Gasteiger partial charge in [0.25, 0.3) is 0 Å². The minimum atomic E-state index is -1.37. The Hall–Kier alpha value is -3.06. The van der Waals surface area contributed by atoms with Gasteiger partial charge in [-0.3, -0.25) is 0 Å². The maximum absolute atomic E-state index is 12.8. The molecule has 0 aliphatic rings. The van der Waals surface area contributed by atoms with E-state index in [-0.39, 0.29) is 0 Å². The highest BCUT2D eigenvalue weighted by atomic mass is 16.5. The first-order valence-corrected chi connectivity index (χ1v) is 7.80. The summed E-state index contributed by atoms with van der Waals surface area (Å²) in [5.74, 6) is -0.550. The molecule has 0 amide bonds. The zero-order valence-electron chi connectivity index (χ0n) is 13.6. The lowest BCUT2D eigenvalue weighted by Crippen LogP contribution is -2.33. The van der Waals surface area contributed by atoms with Crippen LogP contribution in [0.5, 0.6) is 0 Å². The Labute approximate surface area is 140 Å². The van der Waals surface area contributed by atoms with Gasteiger partial charge in [-0.15, -0.1) is 0 Å². The van der Waals surface area contributed by atoms with Gasteiger partial charge in [0.05, 0.1) is 6.07 Å². The van der Waals surface area contributed by atoms with E-state index >= 15 is 0 Å². The molecule has 0 bridgehead atoms. The SMILES string of the molecule is C[C@@H](OC(=O)[C@@](C)(C#N)c1c[nH]c2ccccc12)c1ccccc1. The summed E-state index contributed by atoms with van der Waals surface area (Å²) < 4.78 is 5.59. The van der Waals surface area contributed by atoms with Crippen molar-refractivity contribution < 1.29 is 9.53 Å². The number of hydrogen-bond donors (Lipinski definition) is 1. The Balaban J connectivity index is 1.92. The standard InChI is InChI=1S/C20H18N2O2/c1-14(15-8-4-3-5-9-15)24-19(23)20(2,13-21)17-12-22-18-11-7-6-10-16(17)18/h3-12,14,22H,1-2H3/t14-,20+/m1/s1. The van der Waals surface area contributed by atoms with Crippen LogP contribution in [0.15, 0.2) is 60.8 Å². The van der Waals surface area contributed by atoms with E-state index in [0.29, 0.717) is 5.56 Å². The van der Waals surface area contributed by atoms with Gasteiger partial charge >= 0.3 is 5.97 Å². The molecule has 4 nitrogen and oxygen atoms in total. The van der Waals surface area contributed by atoms with Crippen molar-refractivity contribution in [2.75, 3.05) is 0 Å². The van der Waals surface area contributed by atoms with Gasteiger partial charge in [-0.25, -0.2) is 4.79 Å². The molecule has 24 heavy (non-hydrogen) atoms. The van der Waals surface area contributed by atoms with Crippen LogP contribution in [0.1, 0.15) is 31.1 Å². The molecule has 1 heterocycles. The van der Waals surface area contributed by atoms with Crippen LogP contribution in [0.25, 0.3) is 10.9 Å². The predicted molar refractivity (Wildman–Crippen MR) is 92.2 cm³/mol. The fourth-order valence-corrected chi connectivity index (χ4v) is 2.77. The first-order chi connectivity index (χ1) is 11.6. The molecule has 3 rings (SSSR count). The summed E-state index contributed by atoms with van der Waals surface area (Å²) in [4.78, 5) is 15.9. The molecule has 0 fully saturated rings. The Morgan fingerprint density at radius 2 is 1.83 bits per heavy atom. The number of benzene rings is 2. The van der Waals surface area contributed by atoms with Crippen LogP contribution in [0, 0.1) is 11.3 Å². The Morgan fingerprint density at radius 1 is 1.17 bits per heavy atom. The lowest BCUT2D eigenvalue weighted by Gasteiger charge is -2.22. The molecule has 2 atom stereocenters. The fourth-order valence-electron chi connectivity index (χ4n) is 2.77. The number of fused-ring (bicyclic) bond motifs is 1. The van der Waals surface area contributed by atoms with Crippen LogP contribution >= 0.6 is 0 Å². The van der Waals surface area contributed by atoms with Gasteiger partial charge < -0.3 is 9.72 Å². The van der Waals surface area contributed by atoms with E-state index in [0.717, 1.165) is 16.5 Å². The maximum atomic E-state index is 12.8. The van der Waals surface area contributed by atoms with E-state index in [9.17, 15) is 10.1 Å². The molecule has 1 aromatic heterocycles. The number of hydrogen-bond acceptors (Lipinski definition) is 3. The summed E-state index contributed by atoms with van der Waals surface area (Å²) in [5, 5.41) is 10.6. The van der Waals surface area contributed by atoms with Crippen molar-refractivity contribution >= 4 is 16.9 Å². The Morgan fingerprint density at radius 3 is 2.54 bits per heavy atom. The van der Waals surface area contributed by atoms with E-state index in [1.54, 1.807) is 20.0 Å². The molecule has 0 radical (unpaired) electrons. The van der Waals surface area contributed by atoms with E-state index in [1.807, 2.05) is 54.6 Å². The molecule has 0 spiro atoms. The molecule has 1 N–H and O–H groups in total. The smallest absolute Gasteiger partial charge is 0.331 e. The summed E-state index contributed by atoms with van der Waals surface area (Å²) >= 11 is 0. The number of ether oxygens (including phenoxy) is 1. The van der Waals surface area contributed by atoms with Gasteiger partial charge in [-0.2, -0.15) is 5.26 Å². The second-order valence-corrected chi connectivity index (χ2v) is 5.94. The minimum absolute atomic E-state index is 0.420. The molecule has 0 saturated carbocycles. The number of nitrogens with zero attached hydrogens (tertiary/aromatic N) is 1. The number of para-hydroxylation sites is 1. The van der Waals surface area contributed by atoms with Crippen molar-refractivity contribution in [1.29, 1.82) is 5.26 Å². The zero-order chi connectivity index (χ0) is 17.2. The van der Waals surface area contributed by atoms with Crippen LogP contribution in [-0.4, -0.2) is 11.0 Å². The van der Waals surface area contributed by atoms with Crippen LogP contribution in [-0.2, 0) is 14.9 Å². The molecule has 2 aromatic carbocycles. The van der Waals surface area contributed by atoms with Crippen LogP contribution in [0.2, 0.25) is 0 Å². The van der Waals surface area contributed by atoms with Crippen molar-refractivity contribution in [2.24, 2.45) is 0 Å². The molecule has 0 unspecified atom stereocenters. The third kappa shape index (κ3) is 2.65. The number of nitriles is 1. The maximum Gasteiger partial charge on any atom is 0.331 e. The van der Waals surface area contributed by atoms with Crippen LogP contribution in [0.3, 0.4) is 0 Å². The Kier molecular flexibility index (Phi) is 4.09. The van der Waals surface area contributed by atoms with Gasteiger partial charge in [-0.05, 0) is 25.5 Å². The topological polar surface area (TPSA) is 65.9 Å². The first kappa shape index (κ1) is 15.8. The molecule has 3 aromatic rings. The van der Waals surface area contributed by atoms with Gasteiger partial charge in [0.1, 0.15) is 6.10 Å². The highest BCUT2D eigenvalue weighted by Crippen LogP contribution is 2.33. The number of carbonyl (C=O) groups excluding carboxylic acids is 1. The number of esters is 1. The number of H-pyrrole nitrogens is 1. The lowest BCUT2D eigenvalue weighted by atomic mass is 9.84. The summed E-state index contributed by atoms with van der Waals surface area (Å²) in [5.41, 5.74) is 1.04. The van der Waals surface area contributed by atoms with E-state index < -0.39 is 17.5 Å². The average Bonchev–Trinajstić information content (AvgIpc) is 3.06. The van der Waals surface area contributed by atoms with Crippen molar-refractivity contribution in [3.63, 3.8) is 0 Å². The summed E-state index contributed by atoms with van der Waals surface area (Å²) in [7, 11) is 0. The molecule has 0 saturated heterocycles. The minimum Gasteiger partial charge on any atom is -0.456 e. The third-order valence-electron chi connectivity index (χ3n) is 4.31. The number of carbonyl (C=O) groups is 1. The predicted octanol–water partition coefficient (Wildman–Crippen LogP) is 4.25. The summed E-state index contributed by atoms with van der Waals surface area (Å²) in [6.07, 6.45) is 1.29. The Bertz CT molecular complexity index is 908. The quantitative estimate of drug-likeness (QED) is 0.731. The van der Waals surface area contributed by atoms with Gasteiger partial charge in [0.15, 0.2) is 5.41 Å². The zero-order valence-corrected chi connectivity index (χ0v) is 13.6. The lowest BCUT2D eigenvalue weighted by molar-refractivity contribution is -0.152. The normalized spacial score (nSPS) is 14.5. The third-order valence-corrected chi connectivity index (χ3v) is 4.31. The summed E-state index contributed by atoms with van der Waals surface area (Å²) in [6.45, 7) is 3.41. The summed E-state index contributed by atoms with van der Waals surface area (Å²) in [6, 6.07) is 19.2. The van der Waals surface area contributed by atoms with Gasteiger partial charge in [0, 0.05) is 22.7 Å². The molecular weight excluding hydrogens is 300 g/mol. The largest absolute Gasteiger partial charge is 0.456 e. The highest BCUT2D eigenvalue weighted by Gasteiger charge is 2.40. The second-order valence-electron chi connectivity index (χ2n) is 5.94. The van der Waals surface area contributed by atoms with E-state index in [2.05, 4.69) is 11.1 Å². The second kappa shape index (κ2) is 6.21. The highest BCUT2D eigenvalue weighted by molar-refractivity contribution is 5.94. The number of rotatable bonds is 4. The number of nitrogens with one attached hydrogen (secondary N) is 1. The van der Waals surface area contributed by atoms with Crippen molar-refractivity contribution in [1.82, 2.24) is 4.98 Å². The van der Waals surface area contributed by atoms with Gasteiger partial charge in [0.2, 0.25) is 0 Å². The van der Waals surface area contributed by atoms with Crippen LogP contribution in [0.4, 0.5) is 0 Å². The van der Waals surface area contributed by atoms with Crippen molar-refractivity contribution in [2.45, 2.75) is 25.4 Å². The fraction of sp³-hybridized carbons (Fsp3) is 0.200. The van der Waals surface area contributed by atoms with Gasteiger partial charge in [-0.1, -0.05) is 48.5 Å². The monoisotopic (exact) mass is 318 g/mol. The molecule has 0 aliphatic carbocycles. The van der Waals surface area contributed by atoms with Crippen LogP contribution < -0.4 is 0 Å². The van der Waals surface area contributed by atoms with E-state index in [4.69, 9.17) is 4.74 Å². The molecule has 120 valence electrons. The average molecular weight is 318 g/mol. The molecular formula is C20H18N2O2. The number of aromatic amines is 1. The van der Waals surface area contributed by atoms with E-state index in [1.165, 1.54) is 0 Å². The van der Waals surface area contributed by atoms with Crippen molar-refractivity contribution in [3.8, 4) is 6.07 Å². The number of aromatic nitrogens is 1.